The lowest BCUT2D eigenvalue weighted by atomic mass is 9.96. The van der Waals surface area contributed by atoms with E-state index >= 15 is 4.39 Å². The molecule has 138 valence electrons. The number of nitrogens with two attached hydrogens (primary N) is 1. The Morgan fingerprint density at radius 3 is 2.77 bits per heavy atom. The van der Waals surface area contributed by atoms with Crippen molar-refractivity contribution in [2.75, 3.05) is 18.1 Å². The number of halogens is 1. The van der Waals surface area contributed by atoms with Gasteiger partial charge in [-0.25, -0.2) is 9.18 Å². The monoisotopic (exact) mass is 361 g/mol. The van der Waals surface area contributed by atoms with Gasteiger partial charge in [-0.15, -0.1) is 0 Å². The maximum absolute atomic E-state index is 15.0. The van der Waals surface area contributed by atoms with E-state index in [2.05, 4.69) is 0 Å². The summed E-state index contributed by atoms with van der Waals surface area (Å²) in [6.45, 7) is 4.62. The number of anilines is 1. The second-order valence-electron chi connectivity index (χ2n) is 7.21. The second kappa shape index (κ2) is 5.70. The third kappa shape index (κ3) is 2.28. The van der Waals surface area contributed by atoms with Crippen molar-refractivity contribution in [2.24, 2.45) is 5.73 Å². The number of carboxylic acids is 1. The first-order chi connectivity index (χ1) is 12.3. The van der Waals surface area contributed by atoms with Crippen LogP contribution in [0.4, 0.5) is 10.1 Å². The average molecular weight is 361 g/mol. The van der Waals surface area contributed by atoms with Gasteiger partial charge in [0.25, 0.3) is 5.56 Å². The lowest BCUT2D eigenvalue weighted by Gasteiger charge is -2.31. The summed E-state index contributed by atoms with van der Waals surface area (Å²) >= 11 is 0. The molecular weight excluding hydrogens is 341 g/mol. The van der Waals surface area contributed by atoms with Gasteiger partial charge in [0.15, 0.2) is 11.6 Å². The lowest BCUT2D eigenvalue weighted by molar-refractivity contribution is 0.0694. The van der Waals surface area contributed by atoms with Gasteiger partial charge in [0, 0.05) is 24.5 Å². The fraction of sp³-hybridized carbons (Fsp3) is 0.444. The highest BCUT2D eigenvalue weighted by Gasteiger charge is 2.35. The van der Waals surface area contributed by atoms with E-state index < -0.39 is 17.3 Å². The molecule has 0 aliphatic carbocycles. The minimum atomic E-state index is -1.33. The van der Waals surface area contributed by atoms with Gasteiger partial charge in [0.05, 0.1) is 18.3 Å². The standard InChI is InChI=1S/C18H20FN3O4/c1-8-7-26-16-14-11(8)4-12(18(24)25)17(23)22(14)6-13(19)15(16)21-5-10(20)3-9(21)2/h4,6,8-10H,3,5,7,20H2,1-2H3,(H,24,25)/t8-,9+,10+/m1/s1. The third-order valence-corrected chi connectivity index (χ3v) is 5.30. The Morgan fingerprint density at radius 2 is 2.15 bits per heavy atom. The molecule has 0 spiro atoms. The van der Waals surface area contributed by atoms with Crippen molar-refractivity contribution in [3.05, 3.63) is 39.6 Å². The highest BCUT2D eigenvalue weighted by atomic mass is 19.1. The first-order valence-electron chi connectivity index (χ1n) is 8.59. The molecule has 0 amide bonds. The van der Waals surface area contributed by atoms with Crippen LogP contribution in [-0.2, 0) is 0 Å². The number of pyridine rings is 2. The van der Waals surface area contributed by atoms with Crippen LogP contribution in [0.2, 0.25) is 0 Å². The number of carboxylic acid groups (broad SMARTS) is 1. The summed E-state index contributed by atoms with van der Waals surface area (Å²) in [5.74, 6) is -1.79. The maximum atomic E-state index is 15.0. The molecule has 7 nitrogen and oxygen atoms in total. The number of aromatic nitrogens is 1. The van der Waals surface area contributed by atoms with Crippen LogP contribution in [0.25, 0.3) is 5.52 Å². The van der Waals surface area contributed by atoms with Crippen LogP contribution in [0.15, 0.2) is 17.1 Å². The molecule has 1 fully saturated rings. The van der Waals surface area contributed by atoms with E-state index in [1.54, 1.807) is 0 Å². The number of hydrogen-bond acceptors (Lipinski definition) is 5. The first kappa shape index (κ1) is 16.8. The molecule has 8 heteroatoms. The van der Waals surface area contributed by atoms with E-state index in [0.717, 1.165) is 17.0 Å². The summed E-state index contributed by atoms with van der Waals surface area (Å²) < 4.78 is 21.9. The van der Waals surface area contributed by atoms with Crippen LogP contribution in [0.3, 0.4) is 0 Å². The van der Waals surface area contributed by atoms with E-state index in [1.165, 1.54) is 6.07 Å². The van der Waals surface area contributed by atoms with Crippen molar-refractivity contribution in [3.8, 4) is 5.75 Å². The molecule has 0 aromatic carbocycles. The molecule has 3 N–H and O–H groups in total. The number of hydrogen-bond donors (Lipinski definition) is 2. The molecule has 0 unspecified atom stereocenters. The van der Waals surface area contributed by atoms with Gasteiger partial charge in [0.1, 0.15) is 11.3 Å². The van der Waals surface area contributed by atoms with Crippen molar-refractivity contribution < 1.29 is 19.0 Å². The van der Waals surface area contributed by atoms with Gasteiger partial charge in [-0.2, -0.15) is 0 Å². The predicted octanol–water partition coefficient (Wildman–Crippen LogP) is 1.56. The van der Waals surface area contributed by atoms with Gasteiger partial charge >= 0.3 is 5.97 Å². The fourth-order valence-electron chi connectivity index (χ4n) is 4.03. The van der Waals surface area contributed by atoms with Crippen molar-refractivity contribution in [3.63, 3.8) is 0 Å². The molecule has 2 aromatic rings. The number of aromatic carboxylic acids is 1. The van der Waals surface area contributed by atoms with Crippen LogP contribution in [0.5, 0.6) is 5.75 Å². The SMILES string of the molecule is C[C@@H]1COc2c(N3C[C@@H](N)C[C@@H]3C)c(F)cn3c(=O)c(C(=O)O)cc1c23. The zero-order valence-corrected chi connectivity index (χ0v) is 14.5. The van der Waals surface area contributed by atoms with Crippen LogP contribution in [-0.4, -0.2) is 40.7 Å². The van der Waals surface area contributed by atoms with E-state index in [9.17, 15) is 14.7 Å². The molecule has 4 rings (SSSR count). The summed E-state index contributed by atoms with van der Waals surface area (Å²) in [6.07, 6.45) is 1.79. The molecular formula is C18H20FN3O4. The lowest BCUT2D eigenvalue weighted by Crippen LogP contribution is -2.33. The molecule has 0 radical (unpaired) electrons. The Morgan fingerprint density at radius 1 is 1.42 bits per heavy atom. The molecule has 2 aliphatic heterocycles. The van der Waals surface area contributed by atoms with Gasteiger partial charge in [0.2, 0.25) is 0 Å². The van der Waals surface area contributed by atoms with Crippen LogP contribution in [0, 0.1) is 5.82 Å². The van der Waals surface area contributed by atoms with E-state index in [4.69, 9.17) is 10.5 Å². The minimum Gasteiger partial charge on any atom is -0.488 e. The Hall–Kier alpha value is -2.61. The quantitative estimate of drug-likeness (QED) is 0.843. The van der Waals surface area contributed by atoms with Gasteiger partial charge in [-0.1, -0.05) is 6.92 Å². The number of nitrogens with zero attached hydrogens (tertiary/aromatic N) is 2. The summed E-state index contributed by atoms with van der Waals surface area (Å²) in [5.41, 5.74) is 6.27. The average Bonchev–Trinajstić information content (AvgIpc) is 2.90. The predicted molar refractivity (Wildman–Crippen MR) is 93.9 cm³/mol. The largest absolute Gasteiger partial charge is 0.488 e. The van der Waals surface area contributed by atoms with Crippen molar-refractivity contribution in [2.45, 2.75) is 38.3 Å². The Balaban J connectivity index is 2.07. The first-order valence-corrected chi connectivity index (χ1v) is 8.59. The van der Waals surface area contributed by atoms with Crippen LogP contribution < -0.4 is 20.9 Å². The van der Waals surface area contributed by atoms with Crippen LogP contribution in [0.1, 0.15) is 42.1 Å². The van der Waals surface area contributed by atoms with E-state index in [-0.39, 0.29) is 35.9 Å². The summed E-state index contributed by atoms with van der Waals surface area (Å²) in [4.78, 5) is 25.8. The molecule has 2 aliphatic rings. The van der Waals surface area contributed by atoms with Crippen molar-refractivity contribution in [1.82, 2.24) is 4.40 Å². The van der Waals surface area contributed by atoms with E-state index in [1.807, 2.05) is 18.7 Å². The van der Waals surface area contributed by atoms with Gasteiger partial charge in [-0.3, -0.25) is 9.20 Å². The highest BCUT2D eigenvalue weighted by molar-refractivity contribution is 5.90. The minimum absolute atomic E-state index is 0.0367. The van der Waals surface area contributed by atoms with Crippen LogP contribution >= 0.6 is 0 Å². The summed E-state index contributed by atoms with van der Waals surface area (Å²) in [5, 5.41) is 9.32. The maximum Gasteiger partial charge on any atom is 0.341 e. The Labute approximate surface area is 148 Å². The molecule has 0 bridgehead atoms. The summed E-state index contributed by atoms with van der Waals surface area (Å²) in [7, 11) is 0. The van der Waals surface area contributed by atoms with Crippen molar-refractivity contribution in [1.29, 1.82) is 0 Å². The zero-order chi connectivity index (χ0) is 18.7. The number of rotatable bonds is 2. The highest BCUT2D eigenvalue weighted by Crippen LogP contribution is 2.43. The molecule has 26 heavy (non-hydrogen) atoms. The Kier molecular flexibility index (Phi) is 3.69. The molecule has 4 heterocycles. The fourth-order valence-corrected chi connectivity index (χ4v) is 4.03. The Bertz CT molecular complexity index is 987. The zero-order valence-electron chi connectivity index (χ0n) is 14.5. The molecule has 3 atom stereocenters. The van der Waals surface area contributed by atoms with Gasteiger partial charge < -0.3 is 20.5 Å². The summed E-state index contributed by atoms with van der Waals surface area (Å²) in [6, 6.07) is 1.36. The smallest absolute Gasteiger partial charge is 0.341 e. The number of carbonyl (C=O) groups is 1. The second-order valence-corrected chi connectivity index (χ2v) is 7.21. The molecule has 0 saturated carbocycles. The van der Waals surface area contributed by atoms with Crippen molar-refractivity contribution >= 4 is 17.2 Å². The number of ether oxygens (including phenoxy) is 1. The topological polar surface area (TPSA) is 97.3 Å². The van der Waals surface area contributed by atoms with E-state index in [0.29, 0.717) is 23.3 Å². The molecule has 2 aromatic heterocycles. The molecule has 1 saturated heterocycles. The third-order valence-electron chi connectivity index (χ3n) is 5.30. The normalized spacial score (nSPS) is 24.8. The van der Waals surface area contributed by atoms with Gasteiger partial charge in [-0.05, 0) is 25.0 Å².